The summed E-state index contributed by atoms with van der Waals surface area (Å²) in [4.78, 5) is 14.3. The summed E-state index contributed by atoms with van der Waals surface area (Å²) in [6.07, 6.45) is 0.999. The Labute approximate surface area is 125 Å². The topological polar surface area (TPSA) is 32.3 Å². The first-order valence-electron chi connectivity index (χ1n) is 7.36. The van der Waals surface area contributed by atoms with Crippen molar-refractivity contribution in [2.45, 2.75) is 19.5 Å². The highest BCUT2D eigenvalue weighted by atomic mass is 16.2. The number of carbonyl (C=O) groups excluding carboxylic acids is 1. The number of nitrogens with one attached hydrogen (secondary N) is 1. The molecule has 1 aliphatic rings. The van der Waals surface area contributed by atoms with Crippen molar-refractivity contribution in [2.75, 3.05) is 13.6 Å². The zero-order valence-corrected chi connectivity index (χ0v) is 12.3. The maximum Gasteiger partial charge on any atom is 0.253 e. The quantitative estimate of drug-likeness (QED) is 0.937. The van der Waals surface area contributed by atoms with Crippen LogP contribution in [0.15, 0.2) is 48.5 Å². The Balaban J connectivity index is 1.75. The highest BCUT2D eigenvalue weighted by molar-refractivity contribution is 5.94. The summed E-state index contributed by atoms with van der Waals surface area (Å²) in [7, 11) is 1.86. The predicted molar refractivity (Wildman–Crippen MR) is 84.1 cm³/mol. The van der Waals surface area contributed by atoms with Crippen LogP contribution in [0.2, 0.25) is 0 Å². The average Bonchev–Trinajstić information content (AvgIpc) is 2.54. The monoisotopic (exact) mass is 280 g/mol. The largest absolute Gasteiger partial charge is 0.337 e. The number of hydrogen-bond donors (Lipinski definition) is 1. The lowest BCUT2D eigenvalue weighted by Gasteiger charge is -2.20. The van der Waals surface area contributed by atoms with E-state index in [2.05, 4.69) is 17.4 Å². The van der Waals surface area contributed by atoms with Crippen LogP contribution < -0.4 is 5.32 Å². The van der Waals surface area contributed by atoms with Crippen molar-refractivity contribution < 1.29 is 4.79 Å². The highest BCUT2D eigenvalue weighted by Gasteiger charge is 2.15. The number of fused-ring (bicyclic) bond motifs is 1. The zero-order chi connectivity index (χ0) is 14.7. The molecule has 0 fully saturated rings. The molecule has 1 amide bonds. The van der Waals surface area contributed by atoms with E-state index in [4.69, 9.17) is 0 Å². The van der Waals surface area contributed by atoms with Gasteiger partial charge in [0.25, 0.3) is 5.91 Å². The number of rotatable bonds is 3. The molecule has 0 atom stereocenters. The minimum atomic E-state index is 0.0835. The molecule has 0 saturated carbocycles. The first-order chi connectivity index (χ1) is 10.2. The molecule has 1 N–H and O–H groups in total. The normalized spacial score (nSPS) is 13.6. The van der Waals surface area contributed by atoms with Crippen molar-refractivity contribution in [3.05, 3.63) is 70.8 Å². The van der Waals surface area contributed by atoms with Crippen LogP contribution in [0, 0.1) is 0 Å². The molecule has 3 nitrogen and oxygen atoms in total. The minimum Gasteiger partial charge on any atom is -0.337 e. The fourth-order valence-electron chi connectivity index (χ4n) is 2.76. The Hall–Kier alpha value is -2.13. The van der Waals surface area contributed by atoms with Gasteiger partial charge in [-0.15, -0.1) is 0 Å². The van der Waals surface area contributed by atoms with Crippen LogP contribution in [0.1, 0.15) is 27.0 Å². The first kappa shape index (κ1) is 13.8. The summed E-state index contributed by atoms with van der Waals surface area (Å²) in [6, 6.07) is 16.1. The third kappa shape index (κ3) is 3.14. The van der Waals surface area contributed by atoms with Crippen LogP contribution in [0.5, 0.6) is 0 Å². The molecule has 2 aromatic rings. The molecule has 3 rings (SSSR count). The summed E-state index contributed by atoms with van der Waals surface area (Å²) in [5, 5.41) is 3.35. The lowest BCUT2D eigenvalue weighted by Crippen LogP contribution is -2.27. The molecular weight excluding hydrogens is 260 g/mol. The molecule has 0 aliphatic carbocycles. The molecule has 0 radical (unpaired) electrons. The SMILES string of the molecule is CN(Cc1ccccc1)C(=O)c1ccc2c(c1)CCNC2. The summed E-state index contributed by atoms with van der Waals surface area (Å²) in [6.45, 7) is 2.53. The van der Waals surface area contributed by atoms with Crippen molar-refractivity contribution in [2.24, 2.45) is 0 Å². The van der Waals surface area contributed by atoms with Crippen molar-refractivity contribution in [1.29, 1.82) is 0 Å². The number of amides is 1. The lowest BCUT2D eigenvalue weighted by atomic mass is 9.98. The molecule has 21 heavy (non-hydrogen) atoms. The fourth-order valence-corrected chi connectivity index (χ4v) is 2.76. The van der Waals surface area contributed by atoms with E-state index in [0.29, 0.717) is 6.54 Å². The Kier molecular flexibility index (Phi) is 4.02. The van der Waals surface area contributed by atoms with E-state index in [0.717, 1.165) is 30.6 Å². The van der Waals surface area contributed by atoms with Crippen LogP contribution in [-0.4, -0.2) is 24.4 Å². The van der Waals surface area contributed by atoms with Crippen molar-refractivity contribution in [3.8, 4) is 0 Å². The minimum absolute atomic E-state index is 0.0835. The molecule has 0 unspecified atom stereocenters. The van der Waals surface area contributed by atoms with E-state index >= 15 is 0 Å². The van der Waals surface area contributed by atoms with Crippen LogP contribution in [0.25, 0.3) is 0 Å². The zero-order valence-electron chi connectivity index (χ0n) is 12.3. The summed E-state index contributed by atoms with van der Waals surface area (Å²) >= 11 is 0. The maximum atomic E-state index is 12.5. The molecule has 0 spiro atoms. The molecule has 3 heteroatoms. The molecule has 2 aromatic carbocycles. The molecule has 1 aliphatic heterocycles. The molecular formula is C18H20N2O. The van der Waals surface area contributed by atoms with E-state index in [1.54, 1.807) is 4.90 Å². The van der Waals surface area contributed by atoms with Crippen LogP contribution in [0.4, 0.5) is 0 Å². The molecule has 0 saturated heterocycles. The lowest BCUT2D eigenvalue weighted by molar-refractivity contribution is 0.0785. The van der Waals surface area contributed by atoms with Crippen molar-refractivity contribution in [3.63, 3.8) is 0 Å². The third-order valence-corrected chi connectivity index (χ3v) is 3.95. The van der Waals surface area contributed by atoms with Crippen LogP contribution in [-0.2, 0) is 19.5 Å². The van der Waals surface area contributed by atoms with Gasteiger partial charge < -0.3 is 10.2 Å². The van der Waals surface area contributed by atoms with Gasteiger partial charge in [-0.25, -0.2) is 0 Å². The van der Waals surface area contributed by atoms with E-state index in [1.807, 2.05) is 43.4 Å². The number of hydrogen-bond acceptors (Lipinski definition) is 2. The molecule has 0 bridgehead atoms. The van der Waals surface area contributed by atoms with Crippen molar-refractivity contribution >= 4 is 5.91 Å². The Bertz CT molecular complexity index is 637. The third-order valence-electron chi connectivity index (χ3n) is 3.95. The van der Waals surface area contributed by atoms with Crippen LogP contribution in [0.3, 0.4) is 0 Å². The number of carbonyl (C=O) groups is 1. The van der Waals surface area contributed by atoms with E-state index in [1.165, 1.54) is 11.1 Å². The fraction of sp³-hybridized carbons (Fsp3) is 0.278. The number of benzene rings is 2. The molecule has 108 valence electrons. The van der Waals surface area contributed by atoms with Gasteiger partial charge in [0.1, 0.15) is 0 Å². The Morgan fingerprint density at radius 1 is 1.14 bits per heavy atom. The van der Waals surface area contributed by atoms with Gasteiger partial charge in [-0.3, -0.25) is 4.79 Å². The first-order valence-corrected chi connectivity index (χ1v) is 7.36. The average molecular weight is 280 g/mol. The Morgan fingerprint density at radius 3 is 2.76 bits per heavy atom. The van der Waals surface area contributed by atoms with E-state index < -0.39 is 0 Å². The van der Waals surface area contributed by atoms with Gasteiger partial charge in [0.05, 0.1) is 0 Å². The van der Waals surface area contributed by atoms with Gasteiger partial charge in [-0.2, -0.15) is 0 Å². The standard InChI is InChI=1S/C18H20N2O/c1-20(13-14-5-3-2-4-6-14)18(21)16-7-8-17-12-19-10-9-15(17)11-16/h2-8,11,19H,9-10,12-13H2,1H3. The second-order valence-electron chi connectivity index (χ2n) is 5.56. The van der Waals surface area contributed by atoms with E-state index in [9.17, 15) is 4.79 Å². The van der Waals surface area contributed by atoms with Gasteiger partial charge in [-0.1, -0.05) is 36.4 Å². The second kappa shape index (κ2) is 6.10. The van der Waals surface area contributed by atoms with Gasteiger partial charge in [0.2, 0.25) is 0 Å². The van der Waals surface area contributed by atoms with Gasteiger partial charge in [-0.05, 0) is 41.8 Å². The maximum absolute atomic E-state index is 12.5. The van der Waals surface area contributed by atoms with Crippen LogP contribution >= 0.6 is 0 Å². The van der Waals surface area contributed by atoms with Gasteiger partial charge in [0, 0.05) is 25.7 Å². The van der Waals surface area contributed by atoms with E-state index in [-0.39, 0.29) is 5.91 Å². The van der Waals surface area contributed by atoms with Crippen molar-refractivity contribution in [1.82, 2.24) is 10.2 Å². The molecule has 0 aromatic heterocycles. The summed E-state index contributed by atoms with van der Waals surface area (Å²) < 4.78 is 0. The van der Waals surface area contributed by atoms with Gasteiger partial charge in [0.15, 0.2) is 0 Å². The summed E-state index contributed by atoms with van der Waals surface area (Å²) in [5.41, 5.74) is 4.54. The van der Waals surface area contributed by atoms with Gasteiger partial charge >= 0.3 is 0 Å². The highest BCUT2D eigenvalue weighted by Crippen LogP contribution is 2.17. The predicted octanol–water partition coefficient (Wildman–Crippen LogP) is 2.60. The smallest absolute Gasteiger partial charge is 0.253 e. The second-order valence-corrected chi connectivity index (χ2v) is 5.56. The number of nitrogens with zero attached hydrogens (tertiary/aromatic N) is 1. The summed E-state index contributed by atoms with van der Waals surface area (Å²) in [5.74, 6) is 0.0835. The molecule has 1 heterocycles. The Morgan fingerprint density at radius 2 is 1.95 bits per heavy atom.